The minimum Gasteiger partial charge on any atom is -0.497 e. The Balaban J connectivity index is 1.31. The molecule has 0 bridgehead atoms. The van der Waals surface area contributed by atoms with E-state index < -0.39 is 0 Å². The summed E-state index contributed by atoms with van der Waals surface area (Å²) in [4.78, 5) is 30.7. The predicted molar refractivity (Wildman–Crippen MR) is 130 cm³/mol. The number of carbonyl (C=O) groups excluding carboxylic acids is 1. The maximum absolute atomic E-state index is 12.3. The van der Waals surface area contributed by atoms with Crippen LogP contribution >= 0.6 is 0 Å². The number of hydrogen-bond donors (Lipinski definition) is 1. The Bertz CT molecular complexity index is 1270. The number of nitrogens with one attached hydrogen (secondary N) is 1. The zero-order valence-corrected chi connectivity index (χ0v) is 19.3. The molecule has 176 valence electrons. The number of methoxy groups -OCH3 is 1. The molecule has 0 spiro atoms. The van der Waals surface area contributed by atoms with Crippen molar-refractivity contribution < 1.29 is 14.3 Å². The summed E-state index contributed by atoms with van der Waals surface area (Å²) in [5, 5.41) is 3.70. The molecule has 1 aliphatic rings. The van der Waals surface area contributed by atoms with Gasteiger partial charge in [-0.2, -0.15) is 0 Å². The second-order valence-electron chi connectivity index (χ2n) is 8.05. The van der Waals surface area contributed by atoms with E-state index in [1.165, 1.54) is 6.07 Å². The summed E-state index contributed by atoms with van der Waals surface area (Å²) in [6, 6.07) is 10.6. The molecule has 34 heavy (non-hydrogen) atoms. The molecule has 0 saturated carbocycles. The maximum atomic E-state index is 12.3. The first kappa shape index (κ1) is 23.3. The third kappa shape index (κ3) is 6.15. The molecule has 1 N–H and O–H groups in total. The summed E-state index contributed by atoms with van der Waals surface area (Å²) >= 11 is 0. The number of fused-ring (bicyclic) bond motifs is 1. The van der Waals surface area contributed by atoms with Gasteiger partial charge >= 0.3 is 0 Å². The Morgan fingerprint density at radius 2 is 2.03 bits per heavy atom. The van der Waals surface area contributed by atoms with Gasteiger partial charge in [0.2, 0.25) is 5.91 Å². The Morgan fingerprint density at radius 3 is 2.85 bits per heavy atom. The number of benzene rings is 1. The van der Waals surface area contributed by atoms with E-state index in [-0.39, 0.29) is 18.0 Å². The summed E-state index contributed by atoms with van der Waals surface area (Å²) in [6.07, 6.45) is 5.70. The van der Waals surface area contributed by atoms with Crippen LogP contribution in [0.25, 0.3) is 10.9 Å². The van der Waals surface area contributed by atoms with E-state index in [0.29, 0.717) is 31.0 Å². The highest BCUT2D eigenvalue weighted by molar-refractivity contribution is 5.85. The van der Waals surface area contributed by atoms with Gasteiger partial charge in [0.1, 0.15) is 18.1 Å². The van der Waals surface area contributed by atoms with Gasteiger partial charge in [0.05, 0.1) is 32.3 Å². The number of hydrogen-bond acceptors (Lipinski definition) is 6. The van der Waals surface area contributed by atoms with E-state index in [2.05, 4.69) is 27.0 Å². The van der Waals surface area contributed by atoms with E-state index >= 15 is 0 Å². The molecule has 0 radical (unpaired) electrons. The fourth-order valence-electron chi connectivity index (χ4n) is 3.88. The summed E-state index contributed by atoms with van der Waals surface area (Å²) < 4.78 is 12.8. The van der Waals surface area contributed by atoms with Crippen LogP contribution in [0.3, 0.4) is 0 Å². The summed E-state index contributed by atoms with van der Waals surface area (Å²) in [5.74, 6) is 7.37. The Morgan fingerprint density at radius 1 is 1.18 bits per heavy atom. The standard InChI is InChI=1S/C26H28N4O4/c1-33-21-7-8-22-23(17-21)27-12-10-24(22)34-16-15-30-18-20(6-9-26(30)32)5-4-11-28-25(31)19-29-13-2-3-14-29/h6-10,12,17-18H,2-3,11,13-16,19H2,1H3,(H,28,31). The molecule has 8 heteroatoms. The quantitative estimate of drug-likeness (QED) is 0.518. The van der Waals surface area contributed by atoms with E-state index in [0.717, 1.165) is 42.6 Å². The smallest absolute Gasteiger partial charge is 0.250 e. The summed E-state index contributed by atoms with van der Waals surface area (Å²) in [7, 11) is 1.61. The van der Waals surface area contributed by atoms with Gasteiger partial charge in [-0.3, -0.25) is 19.5 Å². The molecule has 3 heterocycles. The molecule has 1 amide bonds. The van der Waals surface area contributed by atoms with Gasteiger partial charge < -0.3 is 19.4 Å². The molecule has 3 aromatic rings. The average molecular weight is 461 g/mol. The normalized spacial score (nSPS) is 13.3. The molecular formula is C26H28N4O4. The SMILES string of the molecule is COc1ccc2c(OCCn3cc(C#CCNC(=O)CN4CCCC4)ccc3=O)ccnc2c1. The lowest BCUT2D eigenvalue weighted by atomic mass is 10.2. The van der Waals surface area contributed by atoms with Crippen molar-refractivity contribution in [2.75, 3.05) is 39.9 Å². The van der Waals surface area contributed by atoms with Crippen molar-refractivity contribution in [3.63, 3.8) is 0 Å². The summed E-state index contributed by atoms with van der Waals surface area (Å²) in [5.41, 5.74) is 1.35. The molecule has 1 saturated heterocycles. The van der Waals surface area contributed by atoms with E-state index in [1.807, 2.05) is 18.2 Å². The summed E-state index contributed by atoms with van der Waals surface area (Å²) in [6.45, 7) is 3.35. The van der Waals surface area contributed by atoms with Crippen LogP contribution in [0, 0.1) is 11.8 Å². The molecule has 0 aliphatic carbocycles. The van der Waals surface area contributed by atoms with Crippen molar-refractivity contribution in [1.29, 1.82) is 0 Å². The van der Waals surface area contributed by atoms with Crippen LogP contribution in [0.1, 0.15) is 18.4 Å². The van der Waals surface area contributed by atoms with Crippen molar-refractivity contribution in [3.8, 4) is 23.3 Å². The molecule has 1 aliphatic heterocycles. The molecule has 0 unspecified atom stereocenters. The highest BCUT2D eigenvalue weighted by Gasteiger charge is 2.14. The van der Waals surface area contributed by atoms with Gasteiger partial charge in [-0.1, -0.05) is 11.8 Å². The number of pyridine rings is 2. The average Bonchev–Trinajstić information content (AvgIpc) is 3.36. The molecule has 2 aromatic heterocycles. The zero-order valence-electron chi connectivity index (χ0n) is 19.3. The Kier molecular flexibility index (Phi) is 7.79. The molecule has 4 rings (SSSR count). The second-order valence-corrected chi connectivity index (χ2v) is 8.05. The van der Waals surface area contributed by atoms with Gasteiger partial charge in [0, 0.05) is 35.5 Å². The van der Waals surface area contributed by atoms with Gasteiger partial charge in [-0.15, -0.1) is 0 Å². The predicted octanol–water partition coefficient (Wildman–Crippen LogP) is 2.05. The van der Waals surface area contributed by atoms with Crippen LogP contribution in [-0.2, 0) is 11.3 Å². The number of rotatable bonds is 8. The number of nitrogens with zero attached hydrogens (tertiary/aromatic N) is 3. The Hall–Kier alpha value is -3.83. The van der Waals surface area contributed by atoms with E-state index in [4.69, 9.17) is 9.47 Å². The van der Waals surface area contributed by atoms with Crippen LogP contribution in [0.5, 0.6) is 11.5 Å². The minimum absolute atomic E-state index is 0.0135. The highest BCUT2D eigenvalue weighted by Crippen LogP contribution is 2.27. The topological polar surface area (TPSA) is 85.7 Å². The van der Waals surface area contributed by atoms with E-state index in [9.17, 15) is 9.59 Å². The van der Waals surface area contributed by atoms with Crippen LogP contribution < -0.4 is 20.3 Å². The number of ether oxygens (including phenoxy) is 2. The van der Waals surface area contributed by atoms with Crippen molar-refractivity contribution in [2.45, 2.75) is 19.4 Å². The van der Waals surface area contributed by atoms with Crippen molar-refractivity contribution in [3.05, 3.63) is 64.7 Å². The first-order chi connectivity index (χ1) is 16.6. The van der Waals surface area contributed by atoms with Gasteiger partial charge in [0.25, 0.3) is 5.56 Å². The monoisotopic (exact) mass is 460 g/mol. The van der Waals surface area contributed by atoms with Crippen LogP contribution in [0.2, 0.25) is 0 Å². The third-order valence-electron chi connectivity index (χ3n) is 5.66. The molecule has 8 nitrogen and oxygen atoms in total. The van der Waals surface area contributed by atoms with E-state index in [1.54, 1.807) is 36.2 Å². The van der Waals surface area contributed by atoms with Crippen molar-refractivity contribution in [2.24, 2.45) is 0 Å². The Labute approximate surface area is 198 Å². The first-order valence-corrected chi connectivity index (χ1v) is 11.4. The fraction of sp³-hybridized carbons (Fsp3) is 0.346. The molecule has 1 fully saturated rings. The van der Waals surface area contributed by atoms with Crippen molar-refractivity contribution in [1.82, 2.24) is 19.8 Å². The second kappa shape index (κ2) is 11.3. The maximum Gasteiger partial charge on any atom is 0.250 e. The van der Waals surface area contributed by atoms with Crippen LogP contribution in [-0.4, -0.2) is 60.3 Å². The lowest BCUT2D eigenvalue weighted by Crippen LogP contribution is -2.35. The van der Waals surface area contributed by atoms with Crippen LogP contribution in [0.4, 0.5) is 0 Å². The lowest BCUT2D eigenvalue weighted by Gasteiger charge is -2.12. The van der Waals surface area contributed by atoms with Gasteiger partial charge in [-0.05, 0) is 50.2 Å². The number of aromatic nitrogens is 2. The van der Waals surface area contributed by atoms with Gasteiger partial charge in [0.15, 0.2) is 0 Å². The number of amides is 1. The molecular weight excluding hydrogens is 432 g/mol. The fourth-order valence-corrected chi connectivity index (χ4v) is 3.88. The largest absolute Gasteiger partial charge is 0.497 e. The minimum atomic E-state index is -0.127. The molecule has 0 atom stereocenters. The first-order valence-electron chi connectivity index (χ1n) is 11.4. The third-order valence-corrected chi connectivity index (χ3v) is 5.66. The number of carbonyl (C=O) groups is 1. The lowest BCUT2D eigenvalue weighted by molar-refractivity contribution is -0.121. The van der Waals surface area contributed by atoms with Gasteiger partial charge in [-0.25, -0.2) is 0 Å². The number of likely N-dealkylation sites (tertiary alicyclic amines) is 1. The van der Waals surface area contributed by atoms with Crippen LogP contribution in [0.15, 0.2) is 53.6 Å². The highest BCUT2D eigenvalue weighted by atomic mass is 16.5. The molecule has 1 aromatic carbocycles. The zero-order chi connectivity index (χ0) is 23.8. The van der Waals surface area contributed by atoms with Crippen molar-refractivity contribution >= 4 is 16.8 Å².